The summed E-state index contributed by atoms with van der Waals surface area (Å²) < 4.78 is 68.7. The van der Waals surface area contributed by atoms with Gasteiger partial charge in [-0.1, -0.05) is 375 Å². The van der Waals surface area contributed by atoms with E-state index in [1.165, 1.54) is 244 Å². The minimum atomic E-state index is -4.96. The highest BCUT2D eigenvalue weighted by Crippen LogP contribution is 2.45. The Kier molecular flexibility index (Phi) is 71.2. The SMILES string of the molecule is CCCCCCCCCCCCCCCCCCCCCC(=O)O[C@H](COC(=O)CCCCCCCCCCCCCCCCC)COP(=O)(O)OC[C@@H](O)COP(=O)(O)OC[C@@H](COC(=O)CCCCCCCCCCCC(C)C)OC(=O)CCCCCCCCCCCCCC(C)C. The molecule has 0 aliphatic rings. The van der Waals surface area contributed by atoms with Crippen LogP contribution in [-0.2, 0) is 65.4 Å². The predicted molar refractivity (Wildman–Crippen MR) is 409 cm³/mol. The second kappa shape index (κ2) is 72.6. The number of phosphoric acid groups is 2. The Bertz CT molecular complexity index is 1920. The molecule has 0 aliphatic heterocycles. The van der Waals surface area contributed by atoms with Crippen LogP contribution < -0.4 is 0 Å². The lowest BCUT2D eigenvalue weighted by molar-refractivity contribution is -0.161. The van der Waals surface area contributed by atoms with Crippen LogP contribution in [0, 0.1) is 11.8 Å². The molecule has 0 heterocycles. The number of esters is 4. The van der Waals surface area contributed by atoms with Crippen molar-refractivity contribution < 1.29 is 80.2 Å². The quantitative estimate of drug-likeness (QED) is 0.0222. The van der Waals surface area contributed by atoms with Crippen molar-refractivity contribution in [1.29, 1.82) is 0 Å². The molecule has 0 spiro atoms. The number of phosphoric ester groups is 2. The number of hydrogen-bond acceptors (Lipinski definition) is 15. The van der Waals surface area contributed by atoms with Crippen LogP contribution in [0.25, 0.3) is 0 Å². The average molecular weight is 1470 g/mol. The first-order valence-electron chi connectivity index (χ1n) is 42.0. The second-order valence-electron chi connectivity index (χ2n) is 30.1. The molecule has 0 fully saturated rings. The molecule has 0 aromatic heterocycles. The minimum absolute atomic E-state index is 0.106. The molecule has 0 amide bonds. The largest absolute Gasteiger partial charge is 0.472 e. The maximum atomic E-state index is 13.1. The number of unbranched alkanes of at least 4 members (excludes halogenated alkanes) is 50. The molecule has 19 heteroatoms. The van der Waals surface area contributed by atoms with Crippen molar-refractivity contribution in [3.05, 3.63) is 0 Å². The van der Waals surface area contributed by atoms with Gasteiger partial charge in [-0.2, -0.15) is 0 Å². The Morgan fingerprint density at radius 3 is 0.680 bits per heavy atom. The zero-order valence-corrected chi connectivity index (χ0v) is 67.3. The smallest absolute Gasteiger partial charge is 0.462 e. The number of hydrogen-bond donors (Lipinski definition) is 3. The number of carbonyl (C=O) groups excluding carboxylic acids is 4. The minimum Gasteiger partial charge on any atom is -0.462 e. The molecular formula is C81H158O17P2. The lowest BCUT2D eigenvalue weighted by Crippen LogP contribution is -2.30. The number of ether oxygens (including phenoxy) is 4. The molecule has 0 radical (unpaired) electrons. The van der Waals surface area contributed by atoms with Crippen LogP contribution in [0.4, 0.5) is 0 Å². The molecule has 0 aromatic rings. The maximum Gasteiger partial charge on any atom is 0.472 e. The molecule has 3 N–H and O–H groups in total. The first-order valence-corrected chi connectivity index (χ1v) is 45.0. The van der Waals surface area contributed by atoms with E-state index in [1.54, 1.807) is 0 Å². The maximum absolute atomic E-state index is 13.1. The van der Waals surface area contributed by atoms with Crippen LogP contribution in [0.3, 0.4) is 0 Å². The van der Waals surface area contributed by atoms with E-state index in [-0.39, 0.29) is 25.7 Å². The van der Waals surface area contributed by atoms with Gasteiger partial charge in [0.1, 0.15) is 19.3 Å². The van der Waals surface area contributed by atoms with Crippen molar-refractivity contribution in [2.24, 2.45) is 11.8 Å². The summed E-state index contributed by atoms with van der Waals surface area (Å²) in [4.78, 5) is 73.1. The summed E-state index contributed by atoms with van der Waals surface area (Å²) in [7, 11) is -9.92. The zero-order chi connectivity index (χ0) is 73.5. The molecule has 0 aliphatic carbocycles. The average Bonchev–Trinajstić information content (AvgIpc) is 0.945. The highest BCUT2D eigenvalue weighted by Gasteiger charge is 2.30. The molecule has 2 unspecified atom stereocenters. The molecule has 17 nitrogen and oxygen atoms in total. The molecule has 594 valence electrons. The van der Waals surface area contributed by atoms with Gasteiger partial charge in [0.25, 0.3) is 0 Å². The van der Waals surface area contributed by atoms with Crippen molar-refractivity contribution in [3.63, 3.8) is 0 Å². The third kappa shape index (κ3) is 74.3. The van der Waals surface area contributed by atoms with Gasteiger partial charge in [-0.05, 0) is 37.5 Å². The topological polar surface area (TPSA) is 237 Å². The van der Waals surface area contributed by atoms with Gasteiger partial charge in [0.15, 0.2) is 12.2 Å². The first kappa shape index (κ1) is 98.1. The van der Waals surface area contributed by atoms with Gasteiger partial charge in [-0.25, -0.2) is 9.13 Å². The molecule has 0 rings (SSSR count). The third-order valence-corrected chi connectivity index (χ3v) is 20.9. The predicted octanol–water partition coefficient (Wildman–Crippen LogP) is 24.3. The summed E-state index contributed by atoms with van der Waals surface area (Å²) in [6.45, 7) is 9.62. The Morgan fingerprint density at radius 1 is 0.270 bits per heavy atom. The number of aliphatic hydroxyl groups excluding tert-OH is 1. The van der Waals surface area contributed by atoms with Gasteiger partial charge in [0.2, 0.25) is 0 Å². The summed E-state index contributed by atoms with van der Waals surface area (Å²) in [5.74, 6) is -0.599. The van der Waals surface area contributed by atoms with E-state index in [1.807, 2.05) is 0 Å². The van der Waals surface area contributed by atoms with Crippen LogP contribution in [0.5, 0.6) is 0 Å². The van der Waals surface area contributed by atoms with Crippen LogP contribution in [0.1, 0.15) is 427 Å². The van der Waals surface area contributed by atoms with Gasteiger partial charge >= 0.3 is 39.5 Å². The standard InChI is InChI=1S/C81H158O17P2/c1-7-9-11-13-15-17-19-21-23-24-25-26-28-30-34-40-47-53-59-65-80(85)97-76(69-91-78(83)63-57-51-45-39-33-29-27-22-20-18-16-14-12-10-8-2)71-95-99(87,88)93-67-75(82)68-94-100(89,90)96-72-77(70-92-79(84)64-58-52-46-42-36-38-44-50-56-62-74(5)6)98-81(86)66-60-54-48-41-35-31-32-37-43-49-55-61-73(3)4/h73-77,82H,7-72H2,1-6H3,(H,87,88)(H,89,90)/t75-,76-,77-/m1/s1. The highest BCUT2D eigenvalue weighted by atomic mass is 31.2. The Balaban J connectivity index is 5.25. The van der Waals surface area contributed by atoms with E-state index in [9.17, 15) is 43.2 Å². The van der Waals surface area contributed by atoms with Crippen molar-refractivity contribution in [1.82, 2.24) is 0 Å². The Hall–Kier alpha value is -1.94. The number of aliphatic hydroxyl groups is 1. The Morgan fingerprint density at radius 2 is 0.460 bits per heavy atom. The normalized spacial score (nSPS) is 13.9. The van der Waals surface area contributed by atoms with Crippen molar-refractivity contribution >= 4 is 39.5 Å². The number of carbonyl (C=O) groups is 4. The summed E-state index contributed by atoms with van der Waals surface area (Å²) >= 11 is 0. The molecule has 5 atom stereocenters. The van der Waals surface area contributed by atoms with Crippen LogP contribution in [0.2, 0.25) is 0 Å². The van der Waals surface area contributed by atoms with Crippen molar-refractivity contribution in [2.45, 2.75) is 445 Å². The molecule has 0 saturated carbocycles. The highest BCUT2D eigenvalue weighted by molar-refractivity contribution is 7.47. The van der Waals surface area contributed by atoms with E-state index in [0.717, 1.165) is 102 Å². The fourth-order valence-electron chi connectivity index (χ4n) is 12.5. The van der Waals surface area contributed by atoms with E-state index >= 15 is 0 Å². The summed E-state index contributed by atoms with van der Waals surface area (Å²) in [6.07, 6.45) is 62.4. The monoisotopic (exact) mass is 1470 g/mol. The van der Waals surface area contributed by atoms with Crippen LogP contribution in [-0.4, -0.2) is 96.7 Å². The van der Waals surface area contributed by atoms with Gasteiger partial charge < -0.3 is 33.8 Å². The van der Waals surface area contributed by atoms with Crippen LogP contribution in [0.15, 0.2) is 0 Å². The molecule has 100 heavy (non-hydrogen) atoms. The van der Waals surface area contributed by atoms with E-state index in [2.05, 4.69) is 41.5 Å². The first-order chi connectivity index (χ1) is 48.4. The zero-order valence-electron chi connectivity index (χ0n) is 65.5. The van der Waals surface area contributed by atoms with E-state index in [4.69, 9.17) is 37.0 Å². The third-order valence-electron chi connectivity index (χ3n) is 19.0. The fourth-order valence-corrected chi connectivity index (χ4v) is 14.1. The van der Waals surface area contributed by atoms with Crippen molar-refractivity contribution in [2.75, 3.05) is 39.6 Å². The summed E-state index contributed by atoms with van der Waals surface area (Å²) in [5, 5.41) is 10.6. The summed E-state index contributed by atoms with van der Waals surface area (Å²) in [5.41, 5.74) is 0. The molecular weight excluding hydrogens is 1310 g/mol. The molecule has 0 saturated heterocycles. The lowest BCUT2D eigenvalue weighted by Gasteiger charge is -2.21. The van der Waals surface area contributed by atoms with E-state index < -0.39 is 97.5 Å². The van der Waals surface area contributed by atoms with Gasteiger partial charge in [0, 0.05) is 25.7 Å². The molecule has 0 bridgehead atoms. The van der Waals surface area contributed by atoms with E-state index in [0.29, 0.717) is 25.7 Å². The van der Waals surface area contributed by atoms with Crippen LogP contribution >= 0.6 is 15.6 Å². The second-order valence-corrected chi connectivity index (χ2v) is 33.0. The lowest BCUT2D eigenvalue weighted by atomic mass is 10.0. The number of rotatable bonds is 80. The van der Waals surface area contributed by atoms with Gasteiger partial charge in [-0.15, -0.1) is 0 Å². The Labute approximate surface area is 613 Å². The summed E-state index contributed by atoms with van der Waals surface area (Å²) in [6, 6.07) is 0. The fraction of sp³-hybridized carbons (Fsp3) is 0.951. The van der Waals surface area contributed by atoms with Gasteiger partial charge in [0.05, 0.1) is 26.4 Å². The molecule has 0 aromatic carbocycles. The van der Waals surface area contributed by atoms with Crippen molar-refractivity contribution in [3.8, 4) is 0 Å². The van der Waals surface area contributed by atoms with Gasteiger partial charge in [-0.3, -0.25) is 37.3 Å².